The van der Waals surface area contributed by atoms with Crippen molar-refractivity contribution in [3.05, 3.63) is 52.4 Å². The van der Waals surface area contributed by atoms with E-state index in [4.69, 9.17) is 0 Å². The van der Waals surface area contributed by atoms with Crippen molar-refractivity contribution >= 4 is 33.3 Å². The Hall–Kier alpha value is -1.46. The maximum atomic E-state index is 13.8. The van der Waals surface area contributed by atoms with Gasteiger partial charge in [-0.3, -0.25) is 0 Å². The molecule has 0 radical (unpaired) electrons. The highest BCUT2D eigenvalue weighted by molar-refractivity contribution is 7.98. The number of aromatic nitrogens is 2. The molecule has 3 aromatic rings. The van der Waals surface area contributed by atoms with Crippen LogP contribution in [0.15, 0.2) is 35.6 Å². The van der Waals surface area contributed by atoms with E-state index in [2.05, 4.69) is 16.9 Å². The first-order valence-electron chi connectivity index (χ1n) is 7.84. The standard InChI is InChI=1S/C18H17FN2S2/c1-11-6-7-13-15(8-11)23-18-16(13)17(20-10-21-18)22-9-12-4-2-3-5-14(12)19/h2-5,10-11H,6-9H2,1H3. The number of thiophene rings is 1. The van der Waals surface area contributed by atoms with Gasteiger partial charge < -0.3 is 0 Å². The Morgan fingerprint density at radius 2 is 2.17 bits per heavy atom. The van der Waals surface area contributed by atoms with Crippen LogP contribution in [0, 0.1) is 11.7 Å². The fourth-order valence-electron chi connectivity index (χ4n) is 3.12. The van der Waals surface area contributed by atoms with E-state index >= 15 is 0 Å². The molecule has 2 aromatic heterocycles. The predicted octanol–water partition coefficient (Wildman–Crippen LogP) is 5.25. The number of nitrogens with zero attached hydrogens (tertiary/aromatic N) is 2. The lowest BCUT2D eigenvalue weighted by atomic mass is 9.89. The molecule has 0 amide bonds. The first kappa shape index (κ1) is 15.1. The van der Waals surface area contributed by atoms with Crippen LogP contribution >= 0.6 is 23.1 Å². The molecule has 0 aliphatic heterocycles. The quantitative estimate of drug-likeness (QED) is 0.479. The van der Waals surface area contributed by atoms with E-state index in [1.807, 2.05) is 12.1 Å². The molecular weight excluding hydrogens is 327 g/mol. The van der Waals surface area contributed by atoms with Crippen molar-refractivity contribution in [2.75, 3.05) is 0 Å². The summed E-state index contributed by atoms with van der Waals surface area (Å²) in [6.45, 7) is 2.31. The van der Waals surface area contributed by atoms with Crippen molar-refractivity contribution in [1.29, 1.82) is 0 Å². The second kappa shape index (κ2) is 6.21. The van der Waals surface area contributed by atoms with Crippen LogP contribution in [0.5, 0.6) is 0 Å². The molecule has 23 heavy (non-hydrogen) atoms. The molecule has 118 valence electrons. The van der Waals surface area contributed by atoms with Gasteiger partial charge in [0.05, 0.1) is 0 Å². The Labute approximate surface area is 143 Å². The molecular formula is C18H17FN2S2. The summed E-state index contributed by atoms with van der Waals surface area (Å²) in [5, 5.41) is 2.20. The minimum absolute atomic E-state index is 0.147. The van der Waals surface area contributed by atoms with Gasteiger partial charge in [-0.2, -0.15) is 0 Å². The van der Waals surface area contributed by atoms with Gasteiger partial charge >= 0.3 is 0 Å². The van der Waals surface area contributed by atoms with Gasteiger partial charge in [0.15, 0.2) is 0 Å². The molecule has 0 saturated heterocycles. The largest absolute Gasteiger partial charge is 0.229 e. The molecule has 0 bridgehead atoms. The van der Waals surface area contributed by atoms with Crippen LogP contribution in [0.3, 0.4) is 0 Å². The number of hydrogen-bond acceptors (Lipinski definition) is 4. The van der Waals surface area contributed by atoms with Gasteiger partial charge in [-0.15, -0.1) is 23.1 Å². The van der Waals surface area contributed by atoms with E-state index in [0.717, 1.165) is 34.2 Å². The van der Waals surface area contributed by atoms with Gasteiger partial charge in [-0.25, -0.2) is 14.4 Å². The van der Waals surface area contributed by atoms with E-state index in [0.29, 0.717) is 5.75 Å². The lowest BCUT2D eigenvalue weighted by Gasteiger charge is -2.18. The summed E-state index contributed by atoms with van der Waals surface area (Å²) in [5.74, 6) is 1.20. The van der Waals surface area contributed by atoms with Crippen LogP contribution in [-0.2, 0) is 18.6 Å². The van der Waals surface area contributed by atoms with Gasteiger partial charge in [-0.05, 0) is 42.4 Å². The topological polar surface area (TPSA) is 25.8 Å². The molecule has 1 aromatic carbocycles. The van der Waals surface area contributed by atoms with Crippen LogP contribution in [0.1, 0.15) is 29.3 Å². The number of benzene rings is 1. The molecule has 1 aliphatic carbocycles. The minimum atomic E-state index is -0.147. The Balaban J connectivity index is 1.69. The third kappa shape index (κ3) is 2.88. The smallest absolute Gasteiger partial charge is 0.128 e. The first-order valence-corrected chi connectivity index (χ1v) is 9.64. The fourth-order valence-corrected chi connectivity index (χ4v) is 5.54. The van der Waals surface area contributed by atoms with Gasteiger partial charge in [0.25, 0.3) is 0 Å². The molecule has 2 nitrogen and oxygen atoms in total. The number of hydrogen-bond donors (Lipinski definition) is 0. The molecule has 2 heterocycles. The zero-order chi connectivity index (χ0) is 15.8. The minimum Gasteiger partial charge on any atom is -0.229 e. The van der Waals surface area contributed by atoms with E-state index in [1.165, 1.54) is 28.3 Å². The number of halogens is 1. The van der Waals surface area contributed by atoms with Gasteiger partial charge in [0.2, 0.25) is 0 Å². The average molecular weight is 344 g/mol. The number of thioether (sulfide) groups is 1. The van der Waals surface area contributed by atoms with Crippen LogP contribution in [0.4, 0.5) is 4.39 Å². The molecule has 4 rings (SSSR count). The molecule has 5 heteroatoms. The molecule has 0 N–H and O–H groups in total. The summed E-state index contributed by atoms with van der Waals surface area (Å²) in [5.41, 5.74) is 2.15. The SMILES string of the molecule is CC1CCc2c(sc3ncnc(SCc4ccccc4F)c23)C1. The number of rotatable bonds is 3. The van der Waals surface area contributed by atoms with E-state index in [9.17, 15) is 4.39 Å². The number of fused-ring (bicyclic) bond motifs is 3. The second-order valence-electron chi connectivity index (χ2n) is 6.09. The van der Waals surface area contributed by atoms with Crippen molar-refractivity contribution in [2.24, 2.45) is 5.92 Å². The molecule has 1 aliphatic rings. The third-order valence-corrected chi connectivity index (χ3v) is 6.58. The molecule has 0 saturated carbocycles. The molecule has 1 atom stereocenters. The van der Waals surface area contributed by atoms with Gasteiger partial charge in [0.1, 0.15) is 22.0 Å². The predicted molar refractivity (Wildman–Crippen MR) is 94.6 cm³/mol. The van der Waals surface area contributed by atoms with Crippen molar-refractivity contribution in [1.82, 2.24) is 9.97 Å². The van der Waals surface area contributed by atoms with Gasteiger partial charge in [-0.1, -0.05) is 25.1 Å². The monoisotopic (exact) mass is 344 g/mol. The Morgan fingerprint density at radius 3 is 3.04 bits per heavy atom. The van der Waals surface area contributed by atoms with E-state index in [-0.39, 0.29) is 5.82 Å². The summed E-state index contributed by atoms with van der Waals surface area (Å²) in [6.07, 6.45) is 5.12. The third-order valence-electron chi connectivity index (χ3n) is 4.38. The van der Waals surface area contributed by atoms with Crippen molar-refractivity contribution < 1.29 is 4.39 Å². The Kier molecular flexibility index (Phi) is 4.07. The van der Waals surface area contributed by atoms with Crippen LogP contribution in [0.2, 0.25) is 0 Å². The van der Waals surface area contributed by atoms with E-state index < -0.39 is 0 Å². The molecule has 0 fully saturated rings. The Morgan fingerprint density at radius 1 is 1.30 bits per heavy atom. The highest BCUT2D eigenvalue weighted by atomic mass is 32.2. The zero-order valence-corrected chi connectivity index (χ0v) is 14.5. The van der Waals surface area contributed by atoms with Crippen molar-refractivity contribution in [3.8, 4) is 0 Å². The summed E-state index contributed by atoms with van der Waals surface area (Å²) in [6, 6.07) is 6.95. The summed E-state index contributed by atoms with van der Waals surface area (Å²) < 4.78 is 13.8. The van der Waals surface area contributed by atoms with Crippen LogP contribution < -0.4 is 0 Å². The maximum absolute atomic E-state index is 13.8. The number of aryl methyl sites for hydroxylation is 1. The highest BCUT2D eigenvalue weighted by Crippen LogP contribution is 2.41. The first-order chi connectivity index (χ1) is 11.2. The van der Waals surface area contributed by atoms with Crippen molar-refractivity contribution in [3.63, 3.8) is 0 Å². The molecule has 0 spiro atoms. The summed E-state index contributed by atoms with van der Waals surface area (Å²) in [4.78, 5) is 11.5. The lowest BCUT2D eigenvalue weighted by Crippen LogP contribution is -2.08. The normalized spacial score (nSPS) is 17.4. The van der Waals surface area contributed by atoms with Gasteiger partial charge in [0, 0.05) is 16.0 Å². The summed E-state index contributed by atoms with van der Waals surface area (Å²) in [7, 11) is 0. The van der Waals surface area contributed by atoms with Crippen LogP contribution in [0.25, 0.3) is 10.2 Å². The van der Waals surface area contributed by atoms with Crippen LogP contribution in [-0.4, -0.2) is 9.97 Å². The van der Waals surface area contributed by atoms with Crippen molar-refractivity contribution in [2.45, 2.75) is 37.0 Å². The lowest BCUT2D eigenvalue weighted by molar-refractivity contribution is 0.509. The zero-order valence-electron chi connectivity index (χ0n) is 12.9. The fraction of sp³-hybridized carbons (Fsp3) is 0.333. The average Bonchev–Trinajstić information content (AvgIpc) is 2.92. The summed E-state index contributed by atoms with van der Waals surface area (Å²) >= 11 is 3.41. The van der Waals surface area contributed by atoms with E-state index in [1.54, 1.807) is 35.5 Å². The highest BCUT2D eigenvalue weighted by Gasteiger charge is 2.23. The maximum Gasteiger partial charge on any atom is 0.128 e. The molecule has 1 unspecified atom stereocenters. The second-order valence-corrected chi connectivity index (χ2v) is 8.14. The Bertz CT molecular complexity index is 859.